The summed E-state index contributed by atoms with van der Waals surface area (Å²) in [5.74, 6) is -0.453. The van der Waals surface area contributed by atoms with Crippen LogP contribution in [0.4, 0.5) is 4.79 Å². The summed E-state index contributed by atoms with van der Waals surface area (Å²) >= 11 is 0. The summed E-state index contributed by atoms with van der Waals surface area (Å²) in [6.45, 7) is 8.31. The lowest BCUT2D eigenvalue weighted by Gasteiger charge is -2.15. The maximum absolute atomic E-state index is 13.0. The quantitative estimate of drug-likeness (QED) is 0.270. The minimum Gasteiger partial charge on any atom is -0.507 e. The van der Waals surface area contributed by atoms with Gasteiger partial charge in [0.25, 0.3) is 0 Å². The van der Waals surface area contributed by atoms with Crippen LogP contribution in [0.1, 0.15) is 79.6 Å². The number of allylic oxidation sites excluding steroid dienone is 1. The number of hydrogen-bond donors (Lipinski definition) is 2. The normalized spacial score (nSPS) is 12.8. The third-order valence-electron chi connectivity index (χ3n) is 6.01. The van der Waals surface area contributed by atoms with Crippen LogP contribution in [0.25, 0.3) is 0 Å². The largest absolute Gasteiger partial charge is 0.507 e. The zero-order valence-corrected chi connectivity index (χ0v) is 21.8. The Morgan fingerprint density at radius 1 is 1.22 bits per heavy atom. The lowest BCUT2D eigenvalue weighted by atomic mass is 9.91. The summed E-state index contributed by atoms with van der Waals surface area (Å²) in [7, 11) is 1.28. The fourth-order valence-corrected chi connectivity index (χ4v) is 3.72. The summed E-state index contributed by atoms with van der Waals surface area (Å²) in [6, 6.07) is 7.11. The second-order valence-electron chi connectivity index (χ2n) is 8.97. The SMILES string of the molecule is CCCCOc1ccc(CC(C)C(=O)c2c(O)cc(C(C)CC/C=C/NC(=O)OC)oc2=O)c(C)c1. The van der Waals surface area contributed by atoms with Gasteiger partial charge < -0.3 is 19.0 Å². The van der Waals surface area contributed by atoms with E-state index in [-0.39, 0.29) is 17.2 Å². The molecule has 0 aliphatic rings. The van der Waals surface area contributed by atoms with Crippen LogP contribution in [-0.2, 0) is 11.2 Å². The molecule has 1 amide bonds. The van der Waals surface area contributed by atoms with E-state index < -0.39 is 23.4 Å². The van der Waals surface area contributed by atoms with Crippen molar-refractivity contribution in [3.63, 3.8) is 0 Å². The molecular weight excluding hydrogens is 462 g/mol. The fraction of sp³-hybridized carbons (Fsp3) is 0.464. The average molecular weight is 500 g/mol. The third-order valence-corrected chi connectivity index (χ3v) is 6.01. The minimum absolute atomic E-state index is 0.186. The topological polar surface area (TPSA) is 115 Å². The molecule has 2 aromatic rings. The summed E-state index contributed by atoms with van der Waals surface area (Å²) < 4.78 is 15.6. The van der Waals surface area contributed by atoms with E-state index in [2.05, 4.69) is 17.0 Å². The van der Waals surface area contributed by atoms with E-state index >= 15 is 0 Å². The Morgan fingerprint density at radius 3 is 2.61 bits per heavy atom. The van der Waals surface area contributed by atoms with Crippen molar-refractivity contribution in [3.05, 3.63) is 69.4 Å². The molecule has 2 rings (SSSR count). The zero-order chi connectivity index (χ0) is 26.7. The van der Waals surface area contributed by atoms with Gasteiger partial charge in [-0.3, -0.25) is 10.1 Å². The highest BCUT2D eigenvalue weighted by Crippen LogP contribution is 2.27. The van der Waals surface area contributed by atoms with Gasteiger partial charge >= 0.3 is 11.7 Å². The van der Waals surface area contributed by atoms with Gasteiger partial charge in [0, 0.05) is 24.1 Å². The lowest BCUT2D eigenvalue weighted by Crippen LogP contribution is -2.22. The van der Waals surface area contributed by atoms with Crippen molar-refractivity contribution < 1.29 is 28.6 Å². The van der Waals surface area contributed by atoms with Crippen LogP contribution in [0, 0.1) is 12.8 Å². The summed E-state index contributed by atoms with van der Waals surface area (Å²) in [4.78, 5) is 36.7. The van der Waals surface area contributed by atoms with Gasteiger partial charge in [0.05, 0.1) is 13.7 Å². The molecule has 1 heterocycles. The third kappa shape index (κ3) is 8.29. The molecule has 0 aliphatic carbocycles. The van der Waals surface area contributed by atoms with Gasteiger partial charge in [0.1, 0.15) is 22.8 Å². The molecule has 2 unspecified atom stereocenters. The van der Waals surface area contributed by atoms with E-state index in [4.69, 9.17) is 9.15 Å². The Morgan fingerprint density at radius 2 is 1.97 bits per heavy atom. The first-order valence-corrected chi connectivity index (χ1v) is 12.3. The van der Waals surface area contributed by atoms with E-state index in [1.807, 2.05) is 32.0 Å². The Bertz CT molecular complexity index is 1120. The van der Waals surface area contributed by atoms with E-state index in [0.717, 1.165) is 29.7 Å². The molecule has 0 bridgehead atoms. The Hall–Kier alpha value is -3.55. The highest BCUT2D eigenvalue weighted by Gasteiger charge is 2.25. The molecule has 0 saturated heterocycles. The number of hydrogen-bond acceptors (Lipinski definition) is 7. The highest BCUT2D eigenvalue weighted by atomic mass is 16.5. The van der Waals surface area contributed by atoms with Crippen LogP contribution in [0.3, 0.4) is 0 Å². The molecule has 0 saturated carbocycles. The molecule has 1 aromatic heterocycles. The minimum atomic E-state index is -0.840. The van der Waals surface area contributed by atoms with Gasteiger partial charge in [-0.2, -0.15) is 0 Å². The maximum Gasteiger partial charge on any atom is 0.410 e. The Labute approximate surface area is 212 Å². The highest BCUT2D eigenvalue weighted by molar-refractivity contribution is 5.99. The second-order valence-corrected chi connectivity index (χ2v) is 8.97. The first kappa shape index (κ1) is 28.7. The predicted octanol–water partition coefficient (Wildman–Crippen LogP) is 5.65. The molecule has 8 heteroatoms. The number of carbonyl (C=O) groups is 2. The molecule has 196 valence electrons. The van der Waals surface area contributed by atoms with Gasteiger partial charge in [0.2, 0.25) is 0 Å². The number of unbranched alkanes of at least 4 members (excludes halogenated alkanes) is 1. The molecule has 0 spiro atoms. The van der Waals surface area contributed by atoms with E-state index in [9.17, 15) is 19.5 Å². The summed E-state index contributed by atoms with van der Waals surface area (Å²) in [5, 5.41) is 13.0. The molecule has 36 heavy (non-hydrogen) atoms. The van der Waals surface area contributed by atoms with Crippen LogP contribution < -0.4 is 15.7 Å². The van der Waals surface area contributed by atoms with Crippen LogP contribution >= 0.6 is 0 Å². The zero-order valence-electron chi connectivity index (χ0n) is 21.8. The number of Topliss-reactive ketones (excluding diaryl/α,β-unsaturated/α-hetero) is 1. The molecule has 2 N–H and O–H groups in total. The molecular formula is C28H37NO7. The fourth-order valence-electron chi connectivity index (χ4n) is 3.72. The summed E-state index contributed by atoms with van der Waals surface area (Å²) in [6.07, 6.45) is 6.32. The monoisotopic (exact) mass is 499 g/mol. The van der Waals surface area contributed by atoms with Crippen LogP contribution in [0.15, 0.2) is 45.8 Å². The number of aromatic hydroxyl groups is 1. The van der Waals surface area contributed by atoms with Crippen molar-refractivity contribution in [2.45, 2.75) is 65.7 Å². The second kappa shape index (κ2) is 14.1. The van der Waals surface area contributed by atoms with E-state index in [1.165, 1.54) is 19.4 Å². The molecule has 0 aliphatic heterocycles. The van der Waals surface area contributed by atoms with Gasteiger partial charge in [-0.15, -0.1) is 0 Å². The first-order chi connectivity index (χ1) is 17.2. The van der Waals surface area contributed by atoms with Crippen molar-refractivity contribution in [3.8, 4) is 11.5 Å². The lowest BCUT2D eigenvalue weighted by molar-refractivity contribution is 0.0921. The maximum atomic E-state index is 13.0. The number of rotatable bonds is 13. The van der Waals surface area contributed by atoms with Crippen molar-refractivity contribution >= 4 is 11.9 Å². The van der Waals surface area contributed by atoms with Crippen molar-refractivity contribution in [2.24, 2.45) is 5.92 Å². The van der Waals surface area contributed by atoms with Crippen molar-refractivity contribution in [2.75, 3.05) is 13.7 Å². The van der Waals surface area contributed by atoms with Crippen molar-refractivity contribution in [1.82, 2.24) is 5.32 Å². The molecule has 0 radical (unpaired) electrons. The number of methoxy groups -OCH3 is 1. The number of nitrogens with one attached hydrogen (secondary N) is 1. The van der Waals surface area contributed by atoms with Gasteiger partial charge in [0.15, 0.2) is 5.78 Å². The number of ether oxygens (including phenoxy) is 2. The Balaban J connectivity index is 2.04. The van der Waals surface area contributed by atoms with E-state index in [0.29, 0.717) is 31.6 Å². The summed E-state index contributed by atoms with van der Waals surface area (Å²) in [5.41, 5.74) is 0.813. The molecule has 0 fully saturated rings. The number of aryl methyl sites for hydroxylation is 1. The standard InChI is InChI=1S/C28H37NO7/c1-6-7-14-35-22-12-11-21(19(3)16-22)15-20(4)26(31)25-23(30)17-24(36-27(25)32)18(2)10-8-9-13-29-28(33)34-5/h9,11-13,16-18,20,30H,6-8,10,14-15H2,1-5H3,(H,29,33)/b13-9+. The number of amides is 1. The van der Waals surface area contributed by atoms with Crippen molar-refractivity contribution in [1.29, 1.82) is 0 Å². The molecule has 8 nitrogen and oxygen atoms in total. The molecule has 2 atom stereocenters. The molecule has 1 aromatic carbocycles. The number of carbonyl (C=O) groups excluding carboxylic acids is 2. The Kier molecular flexibility index (Phi) is 11.2. The average Bonchev–Trinajstić information content (AvgIpc) is 2.84. The number of ketones is 1. The number of benzene rings is 1. The van der Waals surface area contributed by atoms with Gasteiger partial charge in [-0.05, 0) is 55.9 Å². The first-order valence-electron chi connectivity index (χ1n) is 12.3. The predicted molar refractivity (Wildman–Crippen MR) is 138 cm³/mol. The van der Waals surface area contributed by atoms with Gasteiger partial charge in [-0.1, -0.05) is 39.3 Å². The smallest absolute Gasteiger partial charge is 0.410 e. The number of alkyl carbamates (subject to hydrolysis) is 1. The van der Waals surface area contributed by atoms with Crippen LogP contribution in [-0.4, -0.2) is 30.7 Å². The van der Waals surface area contributed by atoms with Crippen LogP contribution in [0.5, 0.6) is 11.5 Å². The van der Waals surface area contributed by atoms with E-state index in [1.54, 1.807) is 13.0 Å². The van der Waals surface area contributed by atoms with Gasteiger partial charge in [-0.25, -0.2) is 9.59 Å². The van der Waals surface area contributed by atoms with Crippen LogP contribution in [0.2, 0.25) is 0 Å².